The van der Waals surface area contributed by atoms with Crippen molar-refractivity contribution in [3.05, 3.63) is 28.7 Å². The minimum atomic E-state index is -0.404. The van der Waals surface area contributed by atoms with Crippen LogP contribution in [0.15, 0.2) is 28.7 Å². The Hall–Kier alpha value is -1.60. The van der Waals surface area contributed by atoms with Crippen LogP contribution in [0, 0.1) is 5.92 Å². The van der Waals surface area contributed by atoms with Gasteiger partial charge in [-0.25, -0.2) is 0 Å². The zero-order chi connectivity index (χ0) is 15.1. The fraction of sp³-hybridized carbons (Fsp3) is 0.429. The molecule has 1 aliphatic rings. The molecule has 6 nitrogen and oxygen atoms in total. The van der Waals surface area contributed by atoms with E-state index >= 15 is 0 Å². The third kappa shape index (κ3) is 5.35. The van der Waals surface area contributed by atoms with Gasteiger partial charge in [0.25, 0.3) is 5.91 Å². The average molecular weight is 357 g/mol. The van der Waals surface area contributed by atoms with Crippen molar-refractivity contribution in [2.24, 2.45) is 5.92 Å². The van der Waals surface area contributed by atoms with Crippen molar-refractivity contribution in [2.45, 2.75) is 12.8 Å². The second kappa shape index (κ2) is 7.99. The summed E-state index contributed by atoms with van der Waals surface area (Å²) in [5.74, 6) is -0.107. The maximum Gasteiger partial charge on any atom is 0.276 e. The molecule has 1 fully saturated rings. The van der Waals surface area contributed by atoms with E-state index in [1.54, 1.807) is 12.1 Å². The SMILES string of the molecule is O=C(COc1ccc(Br)cc1)NNC(=O)C1CCOCC1. The molecule has 1 aromatic carbocycles. The van der Waals surface area contributed by atoms with Gasteiger partial charge in [-0.15, -0.1) is 0 Å². The highest BCUT2D eigenvalue weighted by Gasteiger charge is 2.21. The number of halogens is 1. The summed E-state index contributed by atoms with van der Waals surface area (Å²) in [5.41, 5.74) is 4.76. The maximum absolute atomic E-state index is 11.8. The highest BCUT2D eigenvalue weighted by atomic mass is 79.9. The number of hydrazine groups is 1. The van der Waals surface area contributed by atoms with Gasteiger partial charge >= 0.3 is 0 Å². The first-order chi connectivity index (χ1) is 10.1. The minimum absolute atomic E-state index is 0.105. The highest BCUT2D eigenvalue weighted by molar-refractivity contribution is 9.10. The summed E-state index contributed by atoms with van der Waals surface area (Å²) in [6, 6.07) is 7.14. The van der Waals surface area contributed by atoms with Gasteiger partial charge in [0.15, 0.2) is 6.61 Å². The van der Waals surface area contributed by atoms with E-state index in [2.05, 4.69) is 26.8 Å². The van der Waals surface area contributed by atoms with E-state index in [9.17, 15) is 9.59 Å². The van der Waals surface area contributed by atoms with E-state index < -0.39 is 5.91 Å². The second-order valence-corrected chi connectivity index (χ2v) is 5.58. The number of amides is 2. The topological polar surface area (TPSA) is 76.7 Å². The Bertz CT molecular complexity index is 486. The number of nitrogens with one attached hydrogen (secondary N) is 2. The number of hydrogen-bond acceptors (Lipinski definition) is 4. The molecule has 2 rings (SSSR count). The Kier molecular flexibility index (Phi) is 6.01. The molecular formula is C14H17BrN2O4. The van der Waals surface area contributed by atoms with Crippen LogP contribution in [0.25, 0.3) is 0 Å². The molecule has 1 aromatic rings. The van der Waals surface area contributed by atoms with E-state index in [-0.39, 0.29) is 18.4 Å². The third-order valence-electron chi connectivity index (χ3n) is 3.10. The van der Waals surface area contributed by atoms with E-state index in [0.29, 0.717) is 31.8 Å². The lowest BCUT2D eigenvalue weighted by Crippen LogP contribution is -2.47. The Labute approximate surface area is 131 Å². The Morgan fingerprint density at radius 2 is 1.86 bits per heavy atom. The van der Waals surface area contributed by atoms with Crippen molar-refractivity contribution >= 4 is 27.7 Å². The van der Waals surface area contributed by atoms with Crippen LogP contribution in [0.3, 0.4) is 0 Å². The van der Waals surface area contributed by atoms with Crippen molar-refractivity contribution in [3.63, 3.8) is 0 Å². The summed E-state index contributed by atoms with van der Waals surface area (Å²) in [6.45, 7) is 1.01. The van der Waals surface area contributed by atoms with Crippen molar-refractivity contribution in [2.75, 3.05) is 19.8 Å². The summed E-state index contributed by atoms with van der Waals surface area (Å²) in [7, 11) is 0. The summed E-state index contributed by atoms with van der Waals surface area (Å²) < 4.78 is 11.4. The van der Waals surface area contributed by atoms with Crippen LogP contribution in [-0.4, -0.2) is 31.6 Å². The first-order valence-electron chi connectivity index (χ1n) is 6.70. The van der Waals surface area contributed by atoms with Gasteiger partial charge in [-0.1, -0.05) is 15.9 Å². The molecule has 0 bridgehead atoms. The minimum Gasteiger partial charge on any atom is -0.484 e. The molecule has 0 aromatic heterocycles. The number of rotatable bonds is 4. The van der Waals surface area contributed by atoms with Crippen molar-refractivity contribution < 1.29 is 19.1 Å². The monoisotopic (exact) mass is 356 g/mol. The molecule has 1 heterocycles. The van der Waals surface area contributed by atoms with E-state index in [1.807, 2.05) is 12.1 Å². The maximum atomic E-state index is 11.8. The molecule has 114 valence electrons. The van der Waals surface area contributed by atoms with Crippen LogP contribution in [-0.2, 0) is 14.3 Å². The predicted molar refractivity (Wildman–Crippen MR) is 79.5 cm³/mol. The first-order valence-corrected chi connectivity index (χ1v) is 7.49. The van der Waals surface area contributed by atoms with Gasteiger partial charge < -0.3 is 9.47 Å². The van der Waals surface area contributed by atoms with Crippen LogP contribution in [0.2, 0.25) is 0 Å². The lowest BCUT2D eigenvalue weighted by atomic mass is 10.00. The number of carbonyl (C=O) groups excluding carboxylic acids is 2. The van der Waals surface area contributed by atoms with E-state index in [4.69, 9.17) is 9.47 Å². The molecule has 21 heavy (non-hydrogen) atoms. The van der Waals surface area contributed by atoms with Gasteiger partial charge in [0.1, 0.15) is 5.75 Å². The third-order valence-corrected chi connectivity index (χ3v) is 3.63. The molecule has 0 unspecified atom stereocenters. The second-order valence-electron chi connectivity index (χ2n) is 4.67. The molecular weight excluding hydrogens is 340 g/mol. The molecule has 1 saturated heterocycles. The van der Waals surface area contributed by atoms with Gasteiger partial charge in [0, 0.05) is 23.6 Å². The summed E-state index contributed by atoms with van der Waals surface area (Å²) in [6.07, 6.45) is 1.36. The molecule has 0 radical (unpaired) electrons. The van der Waals surface area contributed by atoms with Crippen LogP contribution in [0.5, 0.6) is 5.75 Å². The molecule has 0 atom stereocenters. The number of ether oxygens (including phenoxy) is 2. The van der Waals surface area contributed by atoms with Crippen molar-refractivity contribution in [1.82, 2.24) is 10.9 Å². The number of benzene rings is 1. The van der Waals surface area contributed by atoms with Crippen molar-refractivity contribution in [1.29, 1.82) is 0 Å². The first kappa shape index (κ1) is 15.8. The largest absolute Gasteiger partial charge is 0.484 e. The summed E-state index contributed by atoms with van der Waals surface area (Å²) in [4.78, 5) is 23.4. The molecule has 0 saturated carbocycles. The van der Waals surface area contributed by atoms with Crippen molar-refractivity contribution in [3.8, 4) is 5.75 Å². The lowest BCUT2D eigenvalue weighted by molar-refractivity contribution is -0.133. The molecule has 0 spiro atoms. The van der Waals surface area contributed by atoms with Gasteiger partial charge in [-0.2, -0.15) is 0 Å². The van der Waals surface area contributed by atoms with Crippen LogP contribution in [0.1, 0.15) is 12.8 Å². The predicted octanol–water partition coefficient (Wildman–Crippen LogP) is 1.40. The van der Waals surface area contributed by atoms with E-state index in [1.165, 1.54) is 0 Å². The fourth-order valence-electron chi connectivity index (χ4n) is 1.91. The highest BCUT2D eigenvalue weighted by Crippen LogP contribution is 2.16. The molecule has 0 aliphatic carbocycles. The Morgan fingerprint density at radius 1 is 1.19 bits per heavy atom. The normalized spacial score (nSPS) is 15.3. The average Bonchev–Trinajstić information content (AvgIpc) is 2.53. The van der Waals surface area contributed by atoms with Crippen LogP contribution >= 0.6 is 15.9 Å². The standard InChI is InChI=1S/C14H17BrN2O4/c15-11-1-3-12(4-2-11)21-9-13(18)16-17-14(19)10-5-7-20-8-6-10/h1-4,10H,5-9H2,(H,16,18)(H,17,19). The molecule has 1 aliphatic heterocycles. The molecule has 7 heteroatoms. The summed E-state index contributed by atoms with van der Waals surface area (Å²) in [5, 5.41) is 0. The van der Waals surface area contributed by atoms with Gasteiger partial charge in [-0.3, -0.25) is 20.4 Å². The smallest absolute Gasteiger partial charge is 0.276 e. The zero-order valence-electron chi connectivity index (χ0n) is 11.4. The molecule has 2 N–H and O–H groups in total. The summed E-state index contributed by atoms with van der Waals surface area (Å²) >= 11 is 3.31. The molecule has 2 amide bonds. The number of hydrogen-bond donors (Lipinski definition) is 2. The van der Waals surface area contributed by atoms with Gasteiger partial charge in [-0.05, 0) is 37.1 Å². The van der Waals surface area contributed by atoms with Crippen LogP contribution < -0.4 is 15.6 Å². The van der Waals surface area contributed by atoms with Gasteiger partial charge in [0.2, 0.25) is 5.91 Å². The van der Waals surface area contributed by atoms with Gasteiger partial charge in [0.05, 0.1) is 0 Å². The van der Waals surface area contributed by atoms with E-state index in [0.717, 1.165) is 4.47 Å². The fourth-order valence-corrected chi connectivity index (χ4v) is 2.17. The zero-order valence-corrected chi connectivity index (χ0v) is 13.0. The number of carbonyl (C=O) groups is 2. The van der Waals surface area contributed by atoms with Crippen LogP contribution in [0.4, 0.5) is 0 Å². The lowest BCUT2D eigenvalue weighted by Gasteiger charge is -2.21. The Morgan fingerprint density at radius 3 is 2.52 bits per heavy atom. The Balaban J connectivity index is 1.67. The quantitative estimate of drug-likeness (QED) is 0.799.